The van der Waals surface area contributed by atoms with Crippen LogP contribution in [0.2, 0.25) is 10.0 Å². The summed E-state index contributed by atoms with van der Waals surface area (Å²) in [4.78, 5) is 31.4. The van der Waals surface area contributed by atoms with Crippen LogP contribution in [0.25, 0.3) is 0 Å². The van der Waals surface area contributed by atoms with E-state index in [0.717, 1.165) is 6.42 Å². The van der Waals surface area contributed by atoms with Gasteiger partial charge >= 0.3 is 6.03 Å². The number of phenolic OH excluding ortho intramolecular Hbond substituents is 1. The lowest BCUT2D eigenvalue weighted by Crippen LogP contribution is -2.56. The third-order valence-electron chi connectivity index (χ3n) is 6.10. The number of phenols is 1. The molecule has 2 heterocycles. The Morgan fingerprint density at radius 3 is 2.41 bits per heavy atom. The minimum atomic E-state index is -0.751. The fourth-order valence-corrected chi connectivity index (χ4v) is 4.68. The van der Waals surface area contributed by atoms with Crippen LogP contribution in [0, 0.1) is 5.92 Å². The van der Waals surface area contributed by atoms with Crippen LogP contribution in [0.5, 0.6) is 5.75 Å². The number of hydrogen-bond acceptors (Lipinski definition) is 4. The van der Waals surface area contributed by atoms with Crippen LogP contribution in [-0.2, 0) is 11.3 Å². The van der Waals surface area contributed by atoms with Crippen molar-refractivity contribution in [1.29, 1.82) is 0 Å². The first-order valence-corrected chi connectivity index (χ1v) is 11.0. The van der Waals surface area contributed by atoms with Crippen molar-refractivity contribution in [2.24, 2.45) is 5.92 Å². The number of piperidine rings is 1. The van der Waals surface area contributed by atoms with E-state index in [1.54, 1.807) is 17.0 Å². The number of hydrogen-bond donors (Lipinski definition) is 1. The molecule has 29 heavy (non-hydrogen) atoms. The van der Waals surface area contributed by atoms with Crippen molar-refractivity contribution in [3.63, 3.8) is 0 Å². The van der Waals surface area contributed by atoms with E-state index in [4.69, 9.17) is 23.2 Å². The molecule has 0 atom stereocenters. The van der Waals surface area contributed by atoms with Gasteiger partial charge in [-0.2, -0.15) is 0 Å². The van der Waals surface area contributed by atoms with Crippen molar-refractivity contribution in [2.75, 3.05) is 26.2 Å². The fraction of sp³-hybridized carbons (Fsp3) is 0.619. The monoisotopic (exact) mass is 441 g/mol. The summed E-state index contributed by atoms with van der Waals surface area (Å²) in [6.07, 6.45) is 2.02. The second kappa shape index (κ2) is 8.70. The average Bonchev–Trinajstić information content (AvgIpc) is 2.88. The molecule has 1 aromatic carbocycles. The van der Waals surface area contributed by atoms with Crippen LogP contribution in [-0.4, -0.2) is 63.5 Å². The Morgan fingerprint density at radius 1 is 1.17 bits per heavy atom. The molecule has 0 saturated carbocycles. The van der Waals surface area contributed by atoms with Gasteiger partial charge in [-0.15, -0.1) is 0 Å². The lowest BCUT2D eigenvalue weighted by molar-refractivity contribution is -0.135. The van der Waals surface area contributed by atoms with Crippen LogP contribution in [0.3, 0.4) is 0 Å². The van der Waals surface area contributed by atoms with Gasteiger partial charge in [0, 0.05) is 38.3 Å². The first kappa shape index (κ1) is 22.2. The number of nitrogens with zero attached hydrogens (tertiary/aromatic N) is 3. The first-order valence-electron chi connectivity index (χ1n) is 10.2. The quantitative estimate of drug-likeness (QED) is 0.665. The molecule has 8 heteroatoms. The molecule has 6 nitrogen and oxygen atoms in total. The molecule has 1 spiro atoms. The van der Waals surface area contributed by atoms with Crippen LogP contribution in [0.15, 0.2) is 12.1 Å². The molecule has 2 aliphatic rings. The first-order chi connectivity index (χ1) is 13.7. The number of carbonyl (C=O) groups excluding carboxylic acids is 2. The molecule has 1 aromatic rings. The summed E-state index contributed by atoms with van der Waals surface area (Å²) >= 11 is 12.4. The van der Waals surface area contributed by atoms with E-state index in [1.807, 2.05) is 6.92 Å². The van der Waals surface area contributed by atoms with Crippen molar-refractivity contribution in [2.45, 2.75) is 52.1 Å². The summed E-state index contributed by atoms with van der Waals surface area (Å²) in [6, 6.07) is 2.95. The summed E-state index contributed by atoms with van der Waals surface area (Å²) in [5.41, 5.74) is -0.158. The van der Waals surface area contributed by atoms with Crippen LogP contribution in [0.4, 0.5) is 4.79 Å². The van der Waals surface area contributed by atoms with Gasteiger partial charge in [0.15, 0.2) is 0 Å². The van der Waals surface area contributed by atoms with Crippen molar-refractivity contribution in [3.8, 4) is 5.75 Å². The van der Waals surface area contributed by atoms with Gasteiger partial charge in [-0.05, 0) is 44.2 Å². The molecule has 0 radical (unpaired) electrons. The second-order valence-corrected chi connectivity index (χ2v) is 9.12. The van der Waals surface area contributed by atoms with Gasteiger partial charge in [0.1, 0.15) is 11.3 Å². The molecular formula is C21H29Cl2N3O3. The van der Waals surface area contributed by atoms with E-state index in [9.17, 15) is 14.7 Å². The molecular weight excluding hydrogens is 413 g/mol. The lowest BCUT2D eigenvalue weighted by atomic mass is 9.85. The Kier molecular flexibility index (Phi) is 6.66. The van der Waals surface area contributed by atoms with E-state index in [0.29, 0.717) is 67.1 Å². The molecule has 2 fully saturated rings. The largest absolute Gasteiger partial charge is 0.508 e. The summed E-state index contributed by atoms with van der Waals surface area (Å²) in [5, 5.41) is 10.9. The zero-order chi connectivity index (χ0) is 21.3. The Labute approximate surface area is 182 Å². The van der Waals surface area contributed by atoms with Crippen LogP contribution < -0.4 is 0 Å². The van der Waals surface area contributed by atoms with Crippen LogP contribution >= 0.6 is 23.2 Å². The van der Waals surface area contributed by atoms with E-state index in [1.165, 1.54) is 4.90 Å². The highest BCUT2D eigenvalue weighted by Crippen LogP contribution is 2.39. The van der Waals surface area contributed by atoms with Crippen LogP contribution in [0.1, 0.15) is 45.6 Å². The van der Waals surface area contributed by atoms with Gasteiger partial charge in [0.2, 0.25) is 0 Å². The Morgan fingerprint density at radius 2 is 1.83 bits per heavy atom. The number of likely N-dealkylation sites (tertiary alicyclic amines) is 1. The highest BCUT2D eigenvalue weighted by atomic mass is 35.5. The third kappa shape index (κ3) is 4.07. The van der Waals surface area contributed by atoms with Gasteiger partial charge in [-0.3, -0.25) is 14.6 Å². The van der Waals surface area contributed by atoms with Crippen molar-refractivity contribution in [3.05, 3.63) is 27.7 Å². The van der Waals surface area contributed by atoms with Crippen molar-refractivity contribution >= 4 is 35.1 Å². The third-order valence-corrected chi connectivity index (χ3v) is 6.95. The maximum absolute atomic E-state index is 13.2. The topological polar surface area (TPSA) is 64.1 Å². The maximum atomic E-state index is 13.2. The standard InChI is InChI=1S/C21H29Cl2N3O3/c1-4-25-19(28)21(26(20(25)29)10-7-14(2)3)8-11-24(12-9-21)13-15-17(27)6-5-16(22)18(15)23/h5-6,14,27H,4,7-13H2,1-3H3. The molecule has 1 N–H and O–H groups in total. The van der Waals surface area contributed by atoms with Gasteiger partial charge in [0.25, 0.3) is 5.91 Å². The van der Waals surface area contributed by atoms with E-state index >= 15 is 0 Å². The van der Waals surface area contributed by atoms with E-state index in [2.05, 4.69) is 18.7 Å². The number of benzene rings is 1. The maximum Gasteiger partial charge on any atom is 0.327 e. The summed E-state index contributed by atoms with van der Waals surface area (Å²) < 4.78 is 0. The van der Waals surface area contributed by atoms with Gasteiger partial charge < -0.3 is 10.0 Å². The smallest absolute Gasteiger partial charge is 0.327 e. The molecule has 0 aliphatic carbocycles. The predicted molar refractivity (Wildman–Crippen MR) is 114 cm³/mol. The zero-order valence-electron chi connectivity index (χ0n) is 17.3. The number of urea groups is 1. The normalized spacial score (nSPS) is 19.8. The van der Waals surface area contributed by atoms with Gasteiger partial charge in [0.05, 0.1) is 10.0 Å². The number of likely N-dealkylation sites (N-methyl/N-ethyl adjacent to an activating group) is 1. The Bertz CT molecular complexity index is 792. The predicted octanol–water partition coefficient (Wildman–Crippen LogP) is 4.36. The van der Waals surface area contributed by atoms with Crippen molar-refractivity contribution in [1.82, 2.24) is 14.7 Å². The van der Waals surface area contributed by atoms with Gasteiger partial charge in [-0.25, -0.2) is 4.79 Å². The number of amides is 3. The van der Waals surface area contributed by atoms with E-state index in [-0.39, 0.29) is 17.7 Å². The highest BCUT2D eigenvalue weighted by molar-refractivity contribution is 6.42. The number of carbonyl (C=O) groups is 2. The van der Waals surface area contributed by atoms with E-state index < -0.39 is 5.54 Å². The fourth-order valence-electron chi connectivity index (χ4n) is 4.28. The molecule has 2 saturated heterocycles. The average molecular weight is 442 g/mol. The minimum Gasteiger partial charge on any atom is -0.508 e. The Hall–Kier alpha value is -1.50. The van der Waals surface area contributed by atoms with Gasteiger partial charge in [-0.1, -0.05) is 37.0 Å². The molecule has 0 aromatic heterocycles. The molecule has 2 aliphatic heterocycles. The highest BCUT2D eigenvalue weighted by Gasteiger charge is 2.57. The second-order valence-electron chi connectivity index (χ2n) is 8.33. The number of aromatic hydroxyl groups is 1. The Balaban J connectivity index is 1.76. The minimum absolute atomic E-state index is 0.0722. The molecule has 0 bridgehead atoms. The molecule has 0 unspecified atom stereocenters. The summed E-state index contributed by atoms with van der Waals surface area (Å²) in [7, 11) is 0. The SMILES string of the molecule is CCN1C(=O)N(CCC(C)C)C2(CCN(Cc3c(O)ccc(Cl)c3Cl)CC2)C1=O. The molecule has 160 valence electrons. The molecule has 3 rings (SSSR count). The summed E-state index contributed by atoms with van der Waals surface area (Å²) in [5.74, 6) is 0.498. The summed E-state index contributed by atoms with van der Waals surface area (Å²) in [6.45, 7) is 8.80. The number of imide groups is 1. The number of rotatable bonds is 6. The zero-order valence-corrected chi connectivity index (χ0v) is 18.8. The lowest BCUT2D eigenvalue weighted by Gasteiger charge is -2.42. The number of halogens is 2. The van der Waals surface area contributed by atoms with Crippen molar-refractivity contribution < 1.29 is 14.7 Å². The molecule has 3 amide bonds.